The number of ether oxygens (including phenoxy) is 1. The number of halogens is 1. The topological polar surface area (TPSA) is 68.5 Å². The van der Waals surface area contributed by atoms with Crippen molar-refractivity contribution in [1.82, 2.24) is 9.97 Å². The van der Waals surface area contributed by atoms with E-state index in [2.05, 4.69) is 14.9 Å². The van der Waals surface area contributed by atoms with Gasteiger partial charge < -0.3 is 26.5 Å². The molecule has 3 heterocycles. The Morgan fingerprint density at radius 2 is 2.00 bits per heavy atom. The molecule has 3 aromatic rings. The van der Waals surface area contributed by atoms with E-state index in [4.69, 9.17) is 9.15 Å². The maximum Gasteiger partial charge on any atom is 0.309 e. The van der Waals surface area contributed by atoms with Crippen LogP contribution in [0.4, 0.5) is 5.82 Å². The van der Waals surface area contributed by atoms with Gasteiger partial charge in [0, 0.05) is 18.5 Å². The number of piperidine rings is 1. The number of hydrogen-bond acceptors (Lipinski definition) is 6. The molecule has 4 rings (SSSR count). The van der Waals surface area contributed by atoms with Gasteiger partial charge in [-0.1, -0.05) is 12.1 Å². The number of furan rings is 1. The number of rotatable bonds is 3. The summed E-state index contributed by atoms with van der Waals surface area (Å²) in [6, 6.07) is 7.90. The second-order valence-corrected chi connectivity index (χ2v) is 6.38. The zero-order chi connectivity index (χ0) is 17.4. The Morgan fingerprint density at radius 1 is 1.27 bits per heavy atom. The van der Waals surface area contributed by atoms with E-state index in [-0.39, 0.29) is 24.3 Å². The summed E-state index contributed by atoms with van der Waals surface area (Å²) < 4.78 is 11.2. The highest BCUT2D eigenvalue weighted by Gasteiger charge is 2.28. The standard InChI is InChI=1S/C19H21N3O3.ClH/c1-3-24-19(23)13-8-10-22(11-9-13)18-17-16(20-12(2)21-18)14-6-4-5-7-15(14)25-17;/h4-7,13H,3,8-11H2,1-2H3;1H/p-1. The molecule has 0 radical (unpaired) electrons. The summed E-state index contributed by atoms with van der Waals surface area (Å²) >= 11 is 0. The fourth-order valence-electron chi connectivity index (χ4n) is 3.49. The lowest BCUT2D eigenvalue weighted by atomic mass is 9.97. The number of aromatic nitrogens is 2. The number of benzene rings is 1. The highest BCUT2D eigenvalue weighted by atomic mass is 35.5. The van der Waals surface area contributed by atoms with Crippen LogP contribution in [0.15, 0.2) is 28.7 Å². The van der Waals surface area contributed by atoms with E-state index in [9.17, 15) is 4.79 Å². The minimum absolute atomic E-state index is 0. The number of nitrogens with zero attached hydrogens (tertiary/aromatic N) is 3. The van der Waals surface area contributed by atoms with Crippen molar-refractivity contribution < 1.29 is 26.4 Å². The molecule has 1 aromatic carbocycles. The molecule has 0 spiro atoms. The van der Waals surface area contributed by atoms with Crippen LogP contribution in [0, 0.1) is 12.8 Å². The van der Waals surface area contributed by atoms with Crippen molar-refractivity contribution in [1.29, 1.82) is 0 Å². The second-order valence-electron chi connectivity index (χ2n) is 6.38. The monoisotopic (exact) mass is 374 g/mol. The van der Waals surface area contributed by atoms with Crippen LogP contribution in [-0.2, 0) is 9.53 Å². The van der Waals surface area contributed by atoms with Crippen molar-refractivity contribution in [2.45, 2.75) is 26.7 Å². The van der Waals surface area contributed by atoms with Crippen LogP contribution in [0.3, 0.4) is 0 Å². The summed E-state index contributed by atoms with van der Waals surface area (Å²) in [6.45, 7) is 5.69. The highest BCUT2D eigenvalue weighted by molar-refractivity contribution is 6.05. The summed E-state index contributed by atoms with van der Waals surface area (Å²) in [4.78, 5) is 23.3. The lowest BCUT2D eigenvalue weighted by molar-refractivity contribution is -0.148. The van der Waals surface area contributed by atoms with Gasteiger partial charge in [-0.05, 0) is 38.8 Å². The van der Waals surface area contributed by atoms with Gasteiger partial charge >= 0.3 is 5.97 Å². The SMILES string of the molecule is CCOC(=O)C1CCN(c2nc(C)nc3c2oc2ccccc23)CC1.[Cl-]. The number of para-hydroxylation sites is 1. The molecular weight excluding hydrogens is 354 g/mol. The Morgan fingerprint density at radius 3 is 2.73 bits per heavy atom. The lowest BCUT2D eigenvalue weighted by Crippen LogP contribution is -3.00. The molecule has 1 aliphatic heterocycles. The van der Waals surface area contributed by atoms with E-state index in [1.54, 1.807) is 0 Å². The number of carbonyl (C=O) groups is 1. The average molecular weight is 375 g/mol. The molecule has 1 fully saturated rings. The third kappa shape index (κ3) is 3.21. The zero-order valence-corrected chi connectivity index (χ0v) is 15.6. The Labute approximate surface area is 157 Å². The van der Waals surface area contributed by atoms with E-state index in [0.717, 1.165) is 59.6 Å². The summed E-state index contributed by atoms with van der Waals surface area (Å²) in [5.74, 6) is 1.43. The van der Waals surface area contributed by atoms with Crippen LogP contribution >= 0.6 is 0 Å². The predicted molar refractivity (Wildman–Crippen MR) is 95.6 cm³/mol. The minimum Gasteiger partial charge on any atom is -1.00 e. The molecule has 0 N–H and O–H groups in total. The van der Waals surface area contributed by atoms with Crippen LogP contribution < -0.4 is 17.3 Å². The molecule has 0 aliphatic carbocycles. The maximum atomic E-state index is 11.9. The molecule has 1 aliphatic rings. The third-order valence-corrected chi connectivity index (χ3v) is 4.73. The van der Waals surface area contributed by atoms with Gasteiger partial charge in [-0.25, -0.2) is 9.97 Å². The number of hydrogen-bond donors (Lipinski definition) is 0. The van der Waals surface area contributed by atoms with Gasteiger partial charge in [-0.2, -0.15) is 0 Å². The number of aryl methyl sites for hydroxylation is 1. The quantitative estimate of drug-likeness (QED) is 0.621. The maximum absolute atomic E-state index is 11.9. The normalized spacial score (nSPS) is 15.2. The van der Waals surface area contributed by atoms with E-state index < -0.39 is 0 Å². The van der Waals surface area contributed by atoms with Gasteiger partial charge in [0.15, 0.2) is 11.4 Å². The first kappa shape index (κ1) is 18.5. The molecule has 0 saturated carbocycles. The van der Waals surface area contributed by atoms with Crippen molar-refractivity contribution >= 4 is 33.9 Å². The number of carbonyl (C=O) groups excluding carboxylic acids is 1. The van der Waals surface area contributed by atoms with Gasteiger partial charge in [-0.15, -0.1) is 0 Å². The van der Waals surface area contributed by atoms with E-state index in [1.807, 2.05) is 38.1 Å². The molecule has 0 atom stereocenters. The van der Waals surface area contributed by atoms with Crippen LogP contribution in [0.25, 0.3) is 22.1 Å². The van der Waals surface area contributed by atoms with Gasteiger partial charge in [-0.3, -0.25) is 4.79 Å². The molecule has 1 saturated heterocycles. The molecule has 138 valence electrons. The van der Waals surface area contributed by atoms with Crippen LogP contribution in [0.1, 0.15) is 25.6 Å². The number of esters is 1. The smallest absolute Gasteiger partial charge is 0.309 e. The Kier molecular flexibility index (Phi) is 5.32. The Hall–Kier alpha value is -2.34. The molecule has 26 heavy (non-hydrogen) atoms. The van der Waals surface area contributed by atoms with Gasteiger partial charge in [0.1, 0.15) is 16.9 Å². The molecule has 7 heteroatoms. The number of fused-ring (bicyclic) bond motifs is 3. The van der Waals surface area contributed by atoms with Gasteiger partial charge in [0.25, 0.3) is 0 Å². The zero-order valence-electron chi connectivity index (χ0n) is 14.9. The van der Waals surface area contributed by atoms with Crippen molar-refractivity contribution in [2.24, 2.45) is 5.92 Å². The molecule has 0 unspecified atom stereocenters. The minimum atomic E-state index is -0.0881. The van der Waals surface area contributed by atoms with Crippen LogP contribution in [-0.4, -0.2) is 35.6 Å². The molecule has 2 aromatic heterocycles. The van der Waals surface area contributed by atoms with Crippen LogP contribution in [0.5, 0.6) is 0 Å². The average Bonchev–Trinajstić information content (AvgIpc) is 3.00. The van der Waals surface area contributed by atoms with E-state index in [0.29, 0.717) is 6.61 Å². The van der Waals surface area contributed by atoms with Gasteiger partial charge in [0.05, 0.1) is 12.5 Å². The Bertz CT molecular complexity index is 932. The fourth-order valence-corrected chi connectivity index (χ4v) is 3.49. The first-order valence-electron chi connectivity index (χ1n) is 8.75. The summed E-state index contributed by atoms with van der Waals surface area (Å²) in [6.07, 6.45) is 1.53. The Balaban J connectivity index is 0.00000196. The lowest BCUT2D eigenvalue weighted by Gasteiger charge is -2.31. The van der Waals surface area contributed by atoms with E-state index >= 15 is 0 Å². The van der Waals surface area contributed by atoms with Crippen molar-refractivity contribution in [3.8, 4) is 0 Å². The van der Waals surface area contributed by atoms with Crippen molar-refractivity contribution in [3.05, 3.63) is 30.1 Å². The van der Waals surface area contributed by atoms with Gasteiger partial charge in [0.2, 0.25) is 0 Å². The molecule has 0 bridgehead atoms. The van der Waals surface area contributed by atoms with Crippen molar-refractivity contribution in [3.63, 3.8) is 0 Å². The highest BCUT2D eigenvalue weighted by Crippen LogP contribution is 2.34. The van der Waals surface area contributed by atoms with E-state index in [1.165, 1.54) is 0 Å². The fraction of sp³-hybridized carbons (Fsp3) is 0.421. The molecule has 6 nitrogen and oxygen atoms in total. The van der Waals surface area contributed by atoms with Crippen LogP contribution in [0.2, 0.25) is 0 Å². The first-order chi connectivity index (χ1) is 12.2. The number of anilines is 1. The summed E-state index contributed by atoms with van der Waals surface area (Å²) in [5, 5.41) is 1.01. The summed E-state index contributed by atoms with van der Waals surface area (Å²) in [7, 11) is 0. The first-order valence-corrected chi connectivity index (χ1v) is 8.75. The largest absolute Gasteiger partial charge is 1.00 e. The second kappa shape index (κ2) is 7.50. The molecular formula is C19H21ClN3O3-. The predicted octanol–water partition coefficient (Wildman–Crippen LogP) is 0.468. The third-order valence-electron chi connectivity index (χ3n) is 4.73. The van der Waals surface area contributed by atoms with Crippen molar-refractivity contribution in [2.75, 3.05) is 24.6 Å². The summed E-state index contributed by atoms with van der Waals surface area (Å²) in [5.41, 5.74) is 2.40. The molecule has 0 amide bonds.